The molecule has 1 atom stereocenters. The van der Waals surface area contributed by atoms with Crippen molar-refractivity contribution in [3.8, 4) is 0 Å². The summed E-state index contributed by atoms with van der Waals surface area (Å²) in [7, 11) is 0. The summed E-state index contributed by atoms with van der Waals surface area (Å²) in [5.41, 5.74) is 0.315. The zero-order chi connectivity index (χ0) is 12.8. The fourth-order valence-corrected chi connectivity index (χ4v) is 1.22. The Morgan fingerprint density at radius 3 is 2.88 bits per heavy atom. The number of carbonyl (C=O) groups is 2. The van der Waals surface area contributed by atoms with E-state index in [1.165, 1.54) is 4.68 Å². The molecule has 0 radical (unpaired) electrons. The molecular formula is C11H17N3O3. The number of carboxylic acids is 1. The first-order valence-electron chi connectivity index (χ1n) is 5.59. The van der Waals surface area contributed by atoms with Crippen LogP contribution in [-0.4, -0.2) is 32.8 Å². The lowest BCUT2D eigenvalue weighted by Gasteiger charge is -2.09. The van der Waals surface area contributed by atoms with Crippen molar-refractivity contribution in [3.63, 3.8) is 0 Å². The van der Waals surface area contributed by atoms with Crippen LogP contribution in [0.1, 0.15) is 37.2 Å². The first kappa shape index (κ1) is 13.2. The fraction of sp³-hybridized carbons (Fsp3) is 0.545. The quantitative estimate of drug-likeness (QED) is 0.772. The highest BCUT2D eigenvalue weighted by molar-refractivity contribution is 5.92. The molecule has 0 aliphatic carbocycles. The molecule has 6 heteroatoms. The lowest BCUT2D eigenvalue weighted by atomic mass is 10.2. The average Bonchev–Trinajstić information content (AvgIpc) is 2.74. The number of carbonyl (C=O) groups excluding carboxylic acids is 1. The Bertz CT molecular complexity index is 400. The maximum absolute atomic E-state index is 11.7. The van der Waals surface area contributed by atoms with E-state index in [0.717, 1.165) is 6.42 Å². The van der Waals surface area contributed by atoms with Gasteiger partial charge in [-0.15, -0.1) is 0 Å². The monoisotopic (exact) mass is 239 g/mol. The number of aryl methyl sites for hydroxylation is 1. The van der Waals surface area contributed by atoms with Crippen molar-refractivity contribution in [1.82, 2.24) is 15.1 Å². The molecule has 2 N–H and O–H groups in total. The van der Waals surface area contributed by atoms with Gasteiger partial charge in [-0.25, -0.2) is 0 Å². The van der Waals surface area contributed by atoms with Gasteiger partial charge in [-0.3, -0.25) is 14.3 Å². The fourth-order valence-electron chi connectivity index (χ4n) is 1.22. The van der Waals surface area contributed by atoms with Gasteiger partial charge in [0.05, 0.1) is 13.0 Å². The standard InChI is InChI=1S/C11H17N3O3/c1-3-8(2)12-11(17)9-4-6-14(13-9)7-5-10(15)16/h4,6,8H,3,5,7H2,1-2H3,(H,12,17)(H,15,16). The number of amides is 1. The number of hydrogen-bond acceptors (Lipinski definition) is 3. The third-order valence-corrected chi connectivity index (χ3v) is 2.42. The largest absolute Gasteiger partial charge is 0.481 e. The second-order valence-electron chi connectivity index (χ2n) is 3.89. The van der Waals surface area contributed by atoms with Crippen LogP contribution in [0.15, 0.2) is 12.3 Å². The number of nitrogens with one attached hydrogen (secondary N) is 1. The van der Waals surface area contributed by atoms with Crippen molar-refractivity contribution in [2.24, 2.45) is 0 Å². The molecule has 0 aliphatic heterocycles. The third-order valence-electron chi connectivity index (χ3n) is 2.42. The van der Waals surface area contributed by atoms with Crippen molar-refractivity contribution in [2.75, 3.05) is 0 Å². The van der Waals surface area contributed by atoms with E-state index < -0.39 is 5.97 Å². The van der Waals surface area contributed by atoms with Gasteiger partial charge in [0.15, 0.2) is 0 Å². The van der Waals surface area contributed by atoms with Crippen molar-refractivity contribution < 1.29 is 14.7 Å². The Labute approximate surface area is 99.6 Å². The van der Waals surface area contributed by atoms with Crippen LogP contribution in [0, 0.1) is 0 Å². The highest BCUT2D eigenvalue weighted by atomic mass is 16.4. The predicted octanol–water partition coefficient (Wildman–Crippen LogP) is 0.886. The molecule has 1 rings (SSSR count). The second kappa shape index (κ2) is 6.03. The van der Waals surface area contributed by atoms with Crippen LogP contribution in [0.3, 0.4) is 0 Å². The van der Waals surface area contributed by atoms with E-state index in [4.69, 9.17) is 5.11 Å². The van der Waals surface area contributed by atoms with Gasteiger partial charge >= 0.3 is 5.97 Å². The molecule has 17 heavy (non-hydrogen) atoms. The number of nitrogens with zero attached hydrogens (tertiary/aromatic N) is 2. The van der Waals surface area contributed by atoms with E-state index in [2.05, 4.69) is 10.4 Å². The summed E-state index contributed by atoms with van der Waals surface area (Å²) in [6.45, 7) is 4.17. The molecule has 0 saturated heterocycles. The van der Waals surface area contributed by atoms with Gasteiger partial charge in [-0.05, 0) is 19.4 Å². The Balaban J connectivity index is 2.55. The van der Waals surface area contributed by atoms with Crippen LogP contribution in [0.2, 0.25) is 0 Å². The maximum Gasteiger partial charge on any atom is 0.305 e. The third kappa shape index (κ3) is 4.26. The van der Waals surface area contributed by atoms with E-state index in [0.29, 0.717) is 5.69 Å². The average molecular weight is 239 g/mol. The van der Waals surface area contributed by atoms with Crippen molar-refractivity contribution in [1.29, 1.82) is 0 Å². The molecule has 0 aliphatic rings. The molecule has 1 aromatic heterocycles. The molecule has 0 saturated carbocycles. The minimum absolute atomic E-state index is 0.00585. The highest BCUT2D eigenvalue weighted by Gasteiger charge is 2.11. The molecule has 0 spiro atoms. The van der Waals surface area contributed by atoms with Crippen LogP contribution in [0.5, 0.6) is 0 Å². The summed E-state index contributed by atoms with van der Waals surface area (Å²) in [5.74, 6) is -1.11. The van der Waals surface area contributed by atoms with E-state index in [-0.39, 0.29) is 24.9 Å². The van der Waals surface area contributed by atoms with Crippen LogP contribution in [0.25, 0.3) is 0 Å². The van der Waals surface area contributed by atoms with E-state index >= 15 is 0 Å². The Kier molecular flexibility index (Phi) is 4.68. The summed E-state index contributed by atoms with van der Waals surface area (Å²) in [5, 5.41) is 15.3. The predicted molar refractivity (Wildman–Crippen MR) is 61.7 cm³/mol. The minimum atomic E-state index is -0.883. The number of carboxylic acid groups (broad SMARTS) is 1. The minimum Gasteiger partial charge on any atom is -0.481 e. The van der Waals surface area contributed by atoms with Crippen LogP contribution < -0.4 is 5.32 Å². The van der Waals surface area contributed by atoms with Crippen LogP contribution in [0.4, 0.5) is 0 Å². The smallest absolute Gasteiger partial charge is 0.305 e. The molecule has 0 aromatic carbocycles. The van der Waals surface area contributed by atoms with Gasteiger partial charge in [0, 0.05) is 12.2 Å². The van der Waals surface area contributed by atoms with Gasteiger partial charge in [0.1, 0.15) is 5.69 Å². The molecule has 6 nitrogen and oxygen atoms in total. The summed E-state index contributed by atoms with van der Waals surface area (Å²) < 4.78 is 1.46. The number of aliphatic carboxylic acids is 1. The molecule has 1 aromatic rings. The lowest BCUT2D eigenvalue weighted by molar-refractivity contribution is -0.137. The molecule has 94 valence electrons. The Morgan fingerprint density at radius 1 is 1.59 bits per heavy atom. The van der Waals surface area contributed by atoms with Crippen molar-refractivity contribution >= 4 is 11.9 Å². The molecule has 0 bridgehead atoms. The first-order chi connectivity index (χ1) is 8.02. The number of aromatic nitrogens is 2. The summed E-state index contributed by atoms with van der Waals surface area (Å²) in [6.07, 6.45) is 2.45. The zero-order valence-electron chi connectivity index (χ0n) is 10.0. The maximum atomic E-state index is 11.7. The van der Waals surface area contributed by atoms with Gasteiger partial charge in [-0.1, -0.05) is 6.92 Å². The van der Waals surface area contributed by atoms with Crippen molar-refractivity contribution in [3.05, 3.63) is 18.0 Å². The first-order valence-corrected chi connectivity index (χ1v) is 5.59. The number of hydrogen-bond donors (Lipinski definition) is 2. The normalized spacial score (nSPS) is 12.1. The second-order valence-corrected chi connectivity index (χ2v) is 3.89. The Hall–Kier alpha value is -1.85. The van der Waals surface area contributed by atoms with Crippen LogP contribution >= 0.6 is 0 Å². The molecule has 1 heterocycles. The van der Waals surface area contributed by atoms with Gasteiger partial charge in [-0.2, -0.15) is 5.10 Å². The van der Waals surface area contributed by atoms with E-state index in [9.17, 15) is 9.59 Å². The SMILES string of the molecule is CCC(C)NC(=O)c1ccn(CCC(=O)O)n1. The van der Waals surface area contributed by atoms with Crippen molar-refractivity contribution in [2.45, 2.75) is 39.3 Å². The summed E-state index contributed by atoms with van der Waals surface area (Å²) >= 11 is 0. The van der Waals surface area contributed by atoms with E-state index in [1.54, 1.807) is 12.3 Å². The zero-order valence-corrected chi connectivity index (χ0v) is 10.0. The lowest BCUT2D eigenvalue weighted by Crippen LogP contribution is -2.32. The van der Waals surface area contributed by atoms with Gasteiger partial charge in [0.25, 0.3) is 5.91 Å². The molecular weight excluding hydrogens is 222 g/mol. The Morgan fingerprint density at radius 2 is 2.29 bits per heavy atom. The highest BCUT2D eigenvalue weighted by Crippen LogP contribution is 1.99. The van der Waals surface area contributed by atoms with Crippen LogP contribution in [-0.2, 0) is 11.3 Å². The van der Waals surface area contributed by atoms with Gasteiger partial charge < -0.3 is 10.4 Å². The summed E-state index contributed by atoms with van der Waals surface area (Å²) in [4.78, 5) is 22.0. The van der Waals surface area contributed by atoms with E-state index in [1.807, 2.05) is 13.8 Å². The molecule has 1 amide bonds. The molecule has 0 fully saturated rings. The topological polar surface area (TPSA) is 84.2 Å². The summed E-state index contributed by atoms with van der Waals surface area (Å²) in [6, 6.07) is 1.69. The molecule has 1 unspecified atom stereocenters. The number of rotatable bonds is 6. The van der Waals surface area contributed by atoms with Gasteiger partial charge in [0.2, 0.25) is 0 Å².